The molecule has 0 spiro atoms. The number of carbonyl (C=O) groups excluding carboxylic acids is 2. The lowest BCUT2D eigenvalue weighted by Gasteiger charge is -2.15. The summed E-state index contributed by atoms with van der Waals surface area (Å²) in [5.41, 5.74) is 4.62. The number of hydrogen-bond acceptors (Lipinski definition) is 5. The first kappa shape index (κ1) is 19.4. The van der Waals surface area contributed by atoms with Crippen LogP contribution in [0, 0.1) is 17.0 Å². The van der Waals surface area contributed by atoms with Crippen molar-refractivity contribution in [2.45, 2.75) is 20.0 Å². The third kappa shape index (κ3) is 4.79. The molecule has 9 heteroatoms. The van der Waals surface area contributed by atoms with E-state index in [1.807, 2.05) is 6.07 Å². The molecule has 0 heterocycles. The second kappa shape index (κ2) is 8.43. The van der Waals surface area contributed by atoms with Crippen LogP contribution in [0.2, 0.25) is 0 Å². The molecule has 0 fully saturated rings. The molecule has 2 N–H and O–H groups in total. The van der Waals surface area contributed by atoms with E-state index < -0.39 is 22.8 Å². The van der Waals surface area contributed by atoms with Crippen molar-refractivity contribution in [3.8, 4) is 5.75 Å². The first-order valence-electron chi connectivity index (χ1n) is 7.56. The Morgan fingerprint density at radius 3 is 2.54 bits per heavy atom. The Morgan fingerprint density at radius 2 is 1.88 bits per heavy atom. The van der Waals surface area contributed by atoms with Gasteiger partial charge in [0.25, 0.3) is 17.5 Å². The van der Waals surface area contributed by atoms with E-state index in [1.54, 1.807) is 18.2 Å². The van der Waals surface area contributed by atoms with Crippen molar-refractivity contribution < 1.29 is 19.2 Å². The fourth-order valence-corrected chi connectivity index (χ4v) is 2.53. The average molecular weight is 422 g/mol. The number of ether oxygens (including phenoxy) is 1. The van der Waals surface area contributed by atoms with Gasteiger partial charge < -0.3 is 4.74 Å². The Kier molecular flexibility index (Phi) is 6.29. The van der Waals surface area contributed by atoms with E-state index in [1.165, 1.54) is 32.0 Å². The minimum absolute atomic E-state index is 0.0973. The van der Waals surface area contributed by atoms with E-state index >= 15 is 0 Å². The van der Waals surface area contributed by atoms with Crippen LogP contribution in [0.25, 0.3) is 0 Å². The number of carbonyl (C=O) groups is 2. The molecule has 2 aromatic rings. The number of rotatable bonds is 5. The number of nitrogens with one attached hydrogen (secondary N) is 2. The number of benzene rings is 2. The predicted octanol–water partition coefficient (Wildman–Crippen LogP) is 2.89. The van der Waals surface area contributed by atoms with Crippen molar-refractivity contribution in [2.24, 2.45) is 0 Å². The van der Waals surface area contributed by atoms with E-state index in [4.69, 9.17) is 4.74 Å². The Bertz CT molecular complexity index is 856. The number of nitro benzene ring substituents is 1. The zero-order valence-electron chi connectivity index (χ0n) is 14.0. The molecule has 136 valence electrons. The second-order valence-electron chi connectivity index (χ2n) is 5.37. The highest BCUT2D eigenvalue weighted by Crippen LogP contribution is 2.21. The third-order valence-electron chi connectivity index (χ3n) is 3.52. The van der Waals surface area contributed by atoms with E-state index in [0.717, 1.165) is 4.47 Å². The lowest BCUT2D eigenvalue weighted by atomic mass is 10.1. The van der Waals surface area contributed by atoms with Crippen molar-refractivity contribution >= 4 is 33.4 Å². The normalized spacial score (nSPS) is 11.3. The highest BCUT2D eigenvalue weighted by atomic mass is 79.9. The predicted molar refractivity (Wildman–Crippen MR) is 97.7 cm³/mol. The smallest absolute Gasteiger partial charge is 0.279 e. The Hall–Kier alpha value is -2.94. The molecule has 0 aliphatic carbocycles. The largest absolute Gasteiger partial charge is 0.481 e. The molecule has 0 aliphatic heterocycles. The molecule has 0 saturated carbocycles. The van der Waals surface area contributed by atoms with Crippen molar-refractivity contribution in [3.05, 3.63) is 68.2 Å². The van der Waals surface area contributed by atoms with Crippen molar-refractivity contribution in [3.63, 3.8) is 0 Å². The average Bonchev–Trinajstić information content (AvgIpc) is 2.59. The number of nitrogens with zero attached hydrogens (tertiary/aromatic N) is 1. The zero-order valence-corrected chi connectivity index (χ0v) is 15.6. The van der Waals surface area contributed by atoms with Crippen molar-refractivity contribution in [2.75, 3.05) is 0 Å². The summed E-state index contributed by atoms with van der Waals surface area (Å²) in [7, 11) is 0. The molecule has 1 unspecified atom stereocenters. The van der Waals surface area contributed by atoms with Crippen LogP contribution in [0.1, 0.15) is 22.8 Å². The molecule has 0 bridgehead atoms. The van der Waals surface area contributed by atoms with Crippen LogP contribution in [0.4, 0.5) is 5.69 Å². The second-order valence-corrected chi connectivity index (χ2v) is 6.28. The van der Waals surface area contributed by atoms with Crippen LogP contribution < -0.4 is 15.6 Å². The molecular weight excluding hydrogens is 406 g/mol. The van der Waals surface area contributed by atoms with Gasteiger partial charge in [-0.2, -0.15) is 0 Å². The van der Waals surface area contributed by atoms with E-state index in [9.17, 15) is 19.7 Å². The Labute approximate surface area is 157 Å². The molecule has 8 nitrogen and oxygen atoms in total. The first-order chi connectivity index (χ1) is 12.3. The maximum atomic E-state index is 12.2. The summed E-state index contributed by atoms with van der Waals surface area (Å²) >= 11 is 3.30. The Balaban J connectivity index is 1.97. The number of halogens is 1. The van der Waals surface area contributed by atoms with Gasteiger partial charge in [0.1, 0.15) is 5.75 Å². The molecule has 0 saturated heterocycles. The van der Waals surface area contributed by atoms with Gasteiger partial charge in [0.15, 0.2) is 6.10 Å². The van der Waals surface area contributed by atoms with Gasteiger partial charge in [-0.25, -0.2) is 0 Å². The number of hydrazine groups is 1. The van der Waals surface area contributed by atoms with Gasteiger partial charge in [0.05, 0.1) is 10.5 Å². The molecule has 0 radical (unpaired) electrons. The highest BCUT2D eigenvalue weighted by Gasteiger charge is 2.20. The quantitative estimate of drug-likeness (QED) is 0.569. The lowest BCUT2D eigenvalue weighted by Crippen LogP contribution is -2.47. The SMILES string of the molecule is Cc1c(C(=O)NNC(=O)C(C)Oc2cccc(Br)c2)cccc1[N+](=O)[O-]. The minimum Gasteiger partial charge on any atom is -0.481 e. The summed E-state index contributed by atoms with van der Waals surface area (Å²) < 4.78 is 6.29. The maximum absolute atomic E-state index is 12.2. The molecule has 1 atom stereocenters. The molecule has 0 aliphatic rings. The van der Waals surface area contributed by atoms with Gasteiger partial charge in [-0.05, 0) is 38.1 Å². The zero-order chi connectivity index (χ0) is 19.3. The van der Waals surface area contributed by atoms with E-state index in [2.05, 4.69) is 26.8 Å². The summed E-state index contributed by atoms with van der Waals surface area (Å²) in [5, 5.41) is 10.9. The molecule has 2 aromatic carbocycles. The fraction of sp³-hybridized carbons (Fsp3) is 0.176. The first-order valence-corrected chi connectivity index (χ1v) is 8.35. The number of amides is 2. The van der Waals surface area contributed by atoms with Gasteiger partial charge in [-0.3, -0.25) is 30.6 Å². The van der Waals surface area contributed by atoms with Crippen LogP contribution >= 0.6 is 15.9 Å². The van der Waals surface area contributed by atoms with Gasteiger partial charge in [0.2, 0.25) is 0 Å². The van der Waals surface area contributed by atoms with Crippen LogP contribution in [0.3, 0.4) is 0 Å². The summed E-state index contributed by atoms with van der Waals surface area (Å²) in [6, 6.07) is 11.1. The van der Waals surface area contributed by atoms with E-state index in [0.29, 0.717) is 5.75 Å². The highest BCUT2D eigenvalue weighted by molar-refractivity contribution is 9.10. The van der Waals surface area contributed by atoms with Crippen molar-refractivity contribution in [1.82, 2.24) is 10.9 Å². The summed E-state index contributed by atoms with van der Waals surface area (Å²) in [5.74, 6) is -0.738. The summed E-state index contributed by atoms with van der Waals surface area (Å²) in [6.07, 6.45) is -0.865. The molecular formula is C17H16BrN3O5. The van der Waals surface area contributed by atoms with Crippen LogP contribution in [-0.2, 0) is 4.79 Å². The van der Waals surface area contributed by atoms with Crippen molar-refractivity contribution in [1.29, 1.82) is 0 Å². The van der Waals surface area contributed by atoms with Gasteiger partial charge >= 0.3 is 0 Å². The molecule has 0 aromatic heterocycles. The van der Waals surface area contributed by atoms with Gasteiger partial charge in [0, 0.05) is 16.1 Å². The maximum Gasteiger partial charge on any atom is 0.279 e. The van der Waals surface area contributed by atoms with Gasteiger partial charge in [-0.15, -0.1) is 0 Å². The number of hydrogen-bond donors (Lipinski definition) is 2. The topological polar surface area (TPSA) is 111 Å². The lowest BCUT2D eigenvalue weighted by molar-refractivity contribution is -0.385. The van der Waals surface area contributed by atoms with Crippen LogP contribution in [-0.4, -0.2) is 22.8 Å². The minimum atomic E-state index is -0.865. The molecule has 2 rings (SSSR count). The fourth-order valence-electron chi connectivity index (χ4n) is 2.15. The monoisotopic (exact) mass is 421 g/mol. The van der Waals surface area contributed by atoms with Crippen LogP contribution in [0.5, 0.6) is 5.75 Å². The van der Waals surface area contributed by atoms with Crippen LogP contribution in [0.15, 0.2) is 46.9 Å². The summed E-state index contributed by atoms with van der Waals surface area (Å²) in [4.78, 5) is 34.6. The third-order valence-corrected chi connectivity index (χ3v) is 4.02. The van der Waals surface area contributed by atoms with Gasteiger partial charge in [-0.1, -0.05) is 28.1 Å². The van der Waals surface area contributed by atoms with E-state index in [-0.39, 0.29) is 16.8 Å². The Morgan fingerprint density at radius 1 is 1.19 bits per heavy atom. The standard InChI is InChI=1S/C17H16BrN3O5/c1-10-14(7-4-8-15(10)21(24)25)17(23)20-19-16(22)11(2)26-13-6-3-5-12(18)9-13/h3-9,11H,1-2H3,(H,19,22)(H,20,23). The summed E-state index contributed by atoms with van der Waals surface area (Å²) in [6.45, 7) is 2.99. The number of nitro groups is 1. The molecule has 2 amide bonds. The molecule has 26 heavy (non-hydrogen) atoms.